The lowest BCUT2D eigenvalue weighted by atomic mass is 9.77. The molecule has 3 rings (SSSR count). The summed E-state index contributed by atoms with van der Waals surface area (Å²) in [5, 5.41) is 13.6. The smallest absolute Gasteiger partial charge is 0.338 e. The molecule has 2 aromatic rings. The van der Waals surface area contributed by atoms with E-state index in [2.05, 4.69) is 4.98 Å². The summed E-state index contributed by atoms with van der Waals surface area (Å²) in [6.07, 6.45) is 3.90. The molecular formula is C15H15NO3S. The zero-order chi connectivity index (χ0) is 14.2. The average Bonchev–Trinajstić information content (AvgIpc) is 3.01. The Morgan fingerprint density at radius 3 is 3.05 bits per heavy atom. The van der Waals surface area contributed by atoms with Crippen LogP contribution in [0.5, 0.6) is 0 Å². The highest BCUT2D eigenvalue weighted by molar-refractivity contribution is 7.09. The summed E-state index contributed by atoms with van der Waals surface area (Å²) in [4.78, 5) is 16.1. The van der Waals surface area contributed by atoms with Gasteiger partial charge in [-0.1, -0.05) is 12.1 Å². The number of aliphatic hydroxyl groups is 1. The average molecular weight is 289 g/mol. The summed E-state index contributed by atoms with van der Waals surface area (Å²) in [5.41, 5.74) is 1.11. The summed E-state index contributed by atoms with van der Waals surface area (Å²) in [5.74, 6) is -0.356. The molecule has 0 amide bonds. The SMILES string of the molecule is COC(=O)c1cccc2c1CCCC2(O)c1nccs1. The van der Waals surface area contributed by atoms with Crippen LogP contribution < -0.4 is 0 Å². The lowest BCUT2D eigenvalue weighted by molar-refractivity contribution is 0.0569. The molecule has 1 aromatic heterocycles. The quantitative estimate of drug-likeness (QED) is 0.863. The Balaban J connectivity index is 2.17. The number of esters is 1. The van der Waals surface area contributed by atoms with Crippen LogP contribution in [-0.4, -0.2) is 23.2 Å². The predicted molar refractivity (Wildman–Crippen MR) is 75.8 cm³/mol. The fourth-order valence-electron chi connectivity index (χ4n) is 2.85. The molecule has 0 saturated carbocycles. The summed E-state index contributed by atoms with van der Waals surface area (Å²) in [6.45, 7) is 0. The van der Waals surface area contributed by atoms with Crippen molar-refractivity contribution in [2.45, 2.75) is 24.9 Å². The second-order valence-corrected chi connectivity index (χ2v) is 5.77. The predicted octanol–water partition coefficient (Wildman–Crippen LogP) is 2.50. The molecule has 1 unspecified atom stereocenters. The number of methoxy groups -OCH3 is 1. The van der Waals surface area contributed by atoms with Gasteiger partial charge in [0.05, 0.1) is 12.7 Å². The van der Waals surface area contributed by atoms with Gasteiger partial charge in [0, 0.05) is 11.6 Å². The van der Waals surface area contributed by atoms with Crippen LogP contribution in [-0.2, 0) is 16.8 Å². The van der Waals surface area contributed by atoms with Gasteiger partial charge in [-0.2, -0.15) is 0 Å². The molecule has 0 fully saturated rings. The van der Waals surface area contributed by atoms with Crippen molar-refractivity contribution in [2.75, 3.05) is 7.11 Å². The molecule has 104 valence electrons. The van der Waals surface area contributed by atoms with E-state index in [9.17, 15) is 9.90 Å². The van der Waals surface area contributed by atoms with E-state index in [1.165, 1.54) is 18.4 Å². The van der Waals surface area contributed by atoms with E-state index in [4.69, 9.17) is 4.74 Å². The summed E-state index contributed by atoms with van der Waals surface area (Å²) in [7, 11) is 1.37. The molecule has 1 aliphatic rings. The fourth-order valence-corrected chi connectivity index (χ4v) is 3.63. The number of thiazole rings is 1. The highest BCUT2D eigenvalue weighted by Crippen LogP contribution is 2.42. The molecule has 5 heteroatoms. The molecule has 1 N–H and O–H groups in total. The molecule has 1 aromatic carbocycles. The number of aromatic nitrogens is 1. The van der Waals surface area contributed by atoms with E-state index >= 15 is 0 Å². The Kier molecular flexibility index (Phi) is 3.31. The number of fused-ring (bicyclic) bond motifs is 1. The molecule has 0 saturated heterocycles. The molecule has 0 aliphatic heterocycles. The van der Waals surface area contributed by atoms with Gasteiger partial charge in [0.25, 0.3) is 0 Å². The van der Waals surface area contributed by atoms with Gasteiger partial charge >= 0.3 is 5.97 Å². The summed E-state index contributed by atoms with van der Waals surface area (Å²) < 4.78 is 4.83. The lowest BCUT2D eigenvalue weighted by Gasteiger charge is -2.33. The van der Waals surface area contributed by atoms with Crippen LogP contribution in [0.15, 0.2) is 29.8 Å². The van der Waals surface area contributed by atoms with Crippen molar-refractivity contribution in [1.29, 1.82) is 0 Å². The highest BCUT2D eigenvalue weighted by atomic mass is 32.1. The first-order valence-electron chi connectivity index (χ1n) is 6.50. The Morgan fingerprint density at radius 1 is 1.50 bits per heavy atom. The number of rotatable bonds is 2. The normalized spacial score (nSPS) is 21.3. The van der Waals surface area contributed by atoms with Crippen LogP contribution in [0.3, 0.4) is 0 Å². The Labute approximate surface area is 121 Å². The third-order valence-electron chi connectivity index (χ3n) is 3.78. The number of ether oxygens (including phenoxy) is 1. The van der Waals surface area contributed by atoms with Crippen LogP contribution in [0.1, 0.15) is 39.3 Å². The van der Waals surface area contributed by atoms with Crippen molar-refractivity contribution in [3.8, 4) is 0 Å². The first-order valence-corrected chi connectivity index (χ1v) is 7.38. The van der Waals surface area contributed by atoms with Crippen molar-refractivity contribution in [3.05, 3.63) is 51.5 Å². The van der Waals surface area contributed by atoms with Crippen LogP contribution in [0.25, 0.3) is 0 Å². The summed E-state index contributed by atoms with van der Waals surface area (Å²) in [6, 6.07) is 5.41. The Morgan fingerprint density at radius 2 is 2.35 bits per heavy atom. The van der Waals surface area contributed by atoms with Crippen LogP contribution in [0.4, 0.5) is 0 Å². The first-order chi connectivity index (χ1) is 9.66. The highest BCUT2D eigenvalue weighted by Gasteiger charge is 2.39. The minimum Gasteiger partial charge on any atom is -0.465 e. The molecule has 1 heterocycles. The van der Waals surface area contributed by atoms with Crippen molar-refractivity contribution < 1.29 is 14.6 Å². The number of carbonyl (C=O) groups excluding carboxylic acids is 1. The van der Waals surface area contributed by atoms with Crippen LogP contribution >= 0.6 is 11.3 Å². The van der Waals surface area contributed by atoms with Gasteiger partial charge in [-0.05, 0) is 36.5 Å². The monoisotopic (exact) mass is 289 g/mol. The standard InChI is InChI=1S/C15H15NO3S/c1-19-13(17)11-4-2-6-12-10(11)5-3-7-15(12,18)14-16-8-9-20-14/h2,4,6,8-9,18H,3,5,7H2,1H3. The Hall–Kier alpha value is -1.72. The second-order valence-electron chi connectivity index (χ2n) is 4.87. The topological polar surface area (TPSA) is 59.4 Å². The van der Waals surface area contributed by atoms with E-state index in [0.717, 1.165) is 24.0 Å². The van der Waals surface area contributed by atoms with Crippen molar-refractivity contribution in [3.63, 3.8) is 0 Å². The van der Waals surface area contributed by atoms with E-state index < -0.39 is 5.60 Å². The number of benzene rings is 1. The van der Waals surface area contributed by atoms with Gasteiger partial charge in [0.1, 0.15) is 10.6 Å². The van der Waals surface area contributed by atoms with Gasteiger partial charge in [-0.25, -0.2) is 9.78 Å². The van der Waals surface area contributed by atoms with Gasteiger partial charge in [-0.3, -0.25) is 0 Å². The van der Waals surface area contributed by atoms with Crippen molar-refractivity contribution >= 4 is 17.3 Å². The first kappa shape index (κ1) is 13.3. The van der Waals surface area contributed by atoms with Crippen molar-refractivity contribution in [1.82, 2.24) is 4.98 Å². The third-order valence-corrected chi connectivity index (χ3v) is 4.70. The molecule has 4 nitrogen and oxygen atoms in total. The van der Waals surface area contributed by atoms with E-state index in [-0.39, 0.29) is 5.97 Å². The minimum absolute atomic E-state index is 0.356. The summed E-state index contributed by atoms with van der Waals surface area (Å²) >= 11 is 1.43. The lowest BCUT2D eigenvalue weighted by Crippen LogP contribution is -2.32. The Bertz CT molecular complexity index is 639. The van der Waals surface area contributed by atoms with Crippen LogP contribution in [0, 0.1) is 0 Å². The second kappa shape index (κ2) is 5.00. The number of hydrogen-bond acceptors (Lipinski definition) is 5. The van der Waals surface area contributed by atoms with E-state index in [0.29, 0.717) is 17.0 Å². The van der Waals surface area contributed by atoms with E-state index in [1.54, 1.807) is 18.3 Å². The molecule has 1 atom stereocenters. The molecule has 1 aliphatic carbocycles. The molecule has 0 bridgehead atoms. The third kappa shape index (κ3) is 1.94. The largest absolute Gasteiger partial charge is 0.465 e. The molecular weight excluding hydrogens is 274 g/mol. The number of carbonyl (C=O) groups is 1. The molecule has 20 heavy (non-hydrogen) atoms. The maximum absolute atomic E-state index is 11.9. The minimum atomic E-state index is -1.09. The fraction of sp³-hybridized carbons (Fsp3) is 0.333. The van der Waals surface area contributed by atoms with E-state index in [1.807, 2.05) is 11.4 Å². The van der Waals surface area contributed by atoms with Crippen LogP contribution in [0.2, 0.25) is 0 Å². The van der Waals surface area contributed by atoms with Gasteiger partial charge in [0.2, 0.25) is 0 Å². The molecule has 0 spiro atoms. The number of hydrogen-bond donors (Lipinski definition) is 1. The maximum atomic E-state index is 11.9. The molecule has 0 radical (unpaired) electrons. The number of nitrogens with zero attached hydrogens (tertiary/aromatic N) is 1. The van der Waals surface area contributed by atoms with Crippen molar-refractivity contribution in [2.24, 2.45) is 0 Å². The zero-order valence-corrected chi connectivity index (χ0v) is 11.9. The maximum Gasteiger partial charge on any atom is 0.338 e. The van der Waals surface area contributed by atoms with Gasteiger partial charge < -0.3 is 9.84 Å². The zero-order valence-electron chi connectivity index (χ0n) is 11.1. The van der Waals surface area contributed by atoms with Gasteiger partial charge in [0.15, 0.2) is 0 Å². The van der Waals surface area contributed by atoms with Gasteiger partial charge in [-0.15, -0.1) is 11.3 Å².